The first-order chi connectivity index (χ1) is 34.0. The quantitative estimate of drug-likeness (QED) is 0.0272. The molecule has 0 radical (unpaired) electrons. The van der Waals surface area contributed by atoms with Gasteiger partial charge in [0.05, 0.1) is 39.9 Å². The van der Waals surface area contributed by atoms with Crippen LogP contribution in [0.15, 0.2) is 48.6 Å². The van der Waals surface area contributed by atoms with Crippen LogP contribution in [0.4, 0.5) is 0 Å². The minimum atomic E-state index is -4.60. The van der Waals surface area contributed by atoms with Gasteiger partial charge in [0.25, 0.3) is 7.82 Å². The minimum absolute atomic E-state index is 0.00881. The average molecular weight is 1010 g/mol. The smallest absolute Gasteiger partial charge is 0.268 e. The maximum Gasteiger partial charge on any atom is 0.268 e. The van der Waals surface area contributed by atoms with Crippen molar-refractivity contribution in [2.45, 2.75) is 296 Å². The summed E-state index contributed by atoms with van der Waals surface area (Å²) < 4.78 is 23.2. The number of unbranched alkanes of at least 4 members (excludes halogenated alkanes) is 37. The number of carbonyl (C=O) groups excluding carboxylic acids is 1. The highest BCUT2D eigenvalue weighted by Crippen LogP contribution is 2.38. The first-order valence-electron chi connectivity index (χ1n) is 30.0. The van der Waals surface area contributed by atoms with E-state index in [1.54, 1.807) is 6.08 Å². The lowest BCUT2D eigenvalue weighted by Crippen LogP contribution is -2.45. The molecule has 0 saturated heterocycles. The fraction of sp³-hybridized carbons (Fsp3) is 0.852. The third-order valence-corrected chi connectivity index (χ3v) is 14.5. The molecule has 70 heavy (non-hydrogen) atoms. The molecule has 2 N–H and O–H groups in total. The van der Waals surface area contributed by atoms with Crippen molar-refractivity contribution in [1.82, 2.24) is 5.32 Å². The van der Waals surface area contributed by atoms with E-state index in [0.29, 0.717) is 17.4 Å². The Bertz CT molecular complexity index is 1280. The number of aliphatic hydroxyl groups is 1. The van der Waals surface area contributed by atoms with Crippen LogP contribution in [0.5, 0.6) is 0 Å². The number of carbonyl (C=O) groups is 1. The Morgan fingerprint density at radius 3 is 1.24 bits per heavy atom. The minimum Gasteiger partial charge on any atom is -0.756 e. The van der Waals surface area contributed by atoms with Crippen LogP contribution in [-0.2, 0) is 18.4 Å². The van der Waals surface area contributed by atoms with Gasteiger partial charge in [0, 0.05) is 6.42 Å². The molecule has 0 spiro atoms. The second kappa shape index (κ2) is 52.3. The number of nitrogens with one attached hydrogen (secondary N) is 1. The summed E-state index contributed by atoms with van der Waals surface area (Å²) in [6, 6.07) is -0.906. The van der Waals surface area contributed by atoms with Crippen molar-refractivity contribution in [1.29, 1.82) is 0 Å². The van der Waals surface area contributed by atoms with E-state index in [2.05, 4.69) is 42.6 Å². The third-order valence-electron chi connectivity index (χ3n) is 13.6. The number of likely N-dealkylation sites (N-methyl/N-ethyl adjacent to an activating group) is 1. The Labute approximate surface area is 435 Å². The van der Waals surface area contributed by atoms with E-state index < -0.39 is 26.6 Å². The topological polar surface area (TPSA) is 108 Å². The van der Waals surface area contributed by atoms with E-state index in [-0.39, 0.29) is 12.5 Å². The summed E-state index contributed by atoms with van der Waals surface area (Å²) in [6.45, 7) is 4.40. The number of rotatable bonds is 55. The summed E-state index contributed by atoms with van der Waals surface area (Å²) in [6.07, 6.45) is 69.9. The molecule has 8 nitrogen and oxygen atoms in total. The number of phosphoric ester groups is 1. The Kier molecular flexibility index (Phi) is 51.2. The second-order valence-corrected chi connectivity index (χ2v) is 23.1. The molecule has 0 rings (SSSR count). The average Bonchev–Trinajstić information content (AvgIpc) is 3.32. The van der Waals surface area contributed by atoms with Crippen molar-refractivity contribution in [3.63, 3.8) is 0 Å². The molecule has 0 aromatic carbocycles. The summed E-state index contributed by atoms with van der Waals surface area (Å²) in [5.41, 5.74) is 0. The number of hydrogen-bond acceptors (Lipinski definition) is 6. The van der Waals surface area contributed by atoms with Crippen LogP contribution in [0.25, 0.3) is 0 Å². The van der Waals surface area contributed by atoms with Gasteiger partial charge in [-0.1, -0.05) is 261 Å². The highest BCUT2D eigenvalue weighted by molar-refractivity contribution is 7.45. The second-order valence-electron chi connectivity index (χ2n) is 21.7. The number of nitrogens with zero attached hydrogens (tertiary/aromatic N) is 1. The van der Waals surface area contributed by atoms with Crippen LogP contribution in [0.3, 0.4) is 0 Å². The summed E-state index contributed by atoms with van der Waals surface area (Å²) >= 11 is 0. The number of hydrogen-bond donors (Lipinski definition) is 2. The Morgan fingerprint density at radius 2 is 0.857 bits per heavy atom. The van der Waals surface area contributed by atoms with E-state index in [1.807, 2.05) is 40.2 Å². The summed E-state index contributed by atoms with van der Waals surface area (Å²) in [7, 11) is 1.24. The number of amides is 1. The number of allylic oxidation sites excluding steroid dienone is 7. The van der Waals surface area contributed by atoms with Crippen LogP contribution in [-0.4, -0.2) is 68.5 Å². The van der Waals surface area contributed by atoms with Gasteiger partial charge in [-0.2, -0.15) is 0 Å². The van der Waals surface area contributed by atoms with Gasteiger partial charge in [0.15, 0.2) is 0 Å². The Balaban J connectivity index is 3.78. The van der Waals surface area contributed by atoms with Crippen molar-refractivity contribution >= 4 is 13.7 Å². The van der Waals surface area contributed by atoms with Gasteiger partial charge in [-0.3, -0.25) is 9.36 Å². The molecule has 0 aliphatic carbocycles. The molecule has 3 unspecified atom stereocenters. The van der Waals surface area contributed by atoms with Gasteiger partial charge in [0.2, 0.25) is 5.91 Å². The van der Waals surface area contributed by atoms with Gasteiger partial charge in [-0.05, 0) is 64.7 Å². The highest BCUT2D eigenvalue weighted by atomic mass is 31.2. The zero-order valence-electron chi connectivity index (χ0n) is 47.0. The molecule has 0 aliphatic rings. The summed E-state index contributed by atoms with van der Waals surface area (Å²) in [5.74, 6) is -0.211. The molecule has 0 heterocycles. The Morgan fingerprint density at radius 1 is 0.514 bits per heavy atom. The summed E-state index contributed by atoms with van der Waals surface area (Å²) in [4.78, 5) is 25.3. The van der Waals surface area contributed by atoms with Crippen LogP contribution >= 0.6 is 7.82 Å². The maximum atomic E-state index is 12.9. The largest absolute Gasteiger partial charge is 0.756 e. The zero-order valence-corrected chi connectivity index (χ0v) is 47.9. The van der Waals surface area contributed by atoms with E-state index in [0.717, 1.165) is 44.9 Å². The molecule has 0 fully saturated rings. The van der Waals surface area contributed by atoms with Crippen LogP contribution < -0.4 is 10.2 Å². The zero-order chi connectivity index (χ0) is 51.3. The Hall–Kier alpha value is -1.54. The first kappa shape index (κ1) is 68.5. The number of phosphoric acid groups is 1. The molecule has 0 aliphatic heterocycles. The number of aliphatic hydroxyl groups excluding tert-OH is 1. The molecule has 0 saturated carbocycles. The molecule has 0 bridgehead atoms. The van der Waals surface area contributed by atoms with Crippen molar-refractivity contribution in [2.24, 2.45) is 0 Å². The monoisotopic (exact) mass is 1000 g/mol. The van der Waals surface area contributed by atoms with Crippen LogP contribution in [0.2, 0.25) is 0 Å². The molecule has 1 amide bonds. The normalized spacial score (nSPS) is 14.2. The van der Waals surface area contributed by atoms with Crippen molar-refractivity contribution in [3.8, 4) is 0 Å². The predicted octanol–water partition coefficient (Wildman–Crippen LogP) is 17.7. The summed E-state index contributed by atoms with van der Waals surface area (Å²) in [5, 5.41) is 13.7. The predicted molar refractivity (Wildman–Crippen MR) is 302 cm³/mol. The van der Waals surface area contributed by atoms with E-state index in [4.69, 9.17) is 9.05 Å². The van der Waals surface area contributed by atoms with Gasteiger partial charge < -0.3 is 28.8 Å². The van der Waals surface area contributed by atoms with E-state index in [1.165, 1.54) is 218 Å². The molecule has 9 heteroatoms. The SMILES string of the molecule is C/C=C/CC/C=C/CC/C=C/C(O)C(COP(=O)([O-])OCC[N+](C)(C)C)NC(=O)CCCCCCCCCCCCCCCCCCCCCCCCCCCCC/C=C\CCCCCCCCCC. The lowest BCUT2D eigenvalue weighted by Gasteiger charge is -2.29. The molecule has 412 valence electrons. The van der Waals surface area contributed by atoms with Gasteiger partial charge in [-0.15, -0.1) is 0 Å². The first-order valence-corrected chi connectivity index (χ1v) is 31.4. The fourth-order valence-corrected chi connectivity index (χ4v) is 9.62. The molecule has 3 atom stereocenters. The third kappa shape index (κ3) is 54.2. The lowest BCUT2D eigenvalue weighted by atomic mass is 10.0. The highest BCUT2D eigenvalue weighted by Gasteiger charge is 2.23. The molecular formula is C61H117N2O6P. The van der Waals surface area contributed by atoms with Crippen LogP contribution in [0.1, 0.15) is 284 Å². The molecule has 0 aromatic heterocycles. The fourth-order valence-electron chi connectivity index (χ4n) is 8.90. The van der Waals surface area contributed by atoms with Crippen molar-refractivity contribution < 1.29 is 32.9 Å². The van der Waals surface area contributed by atoms with Gasteiger partial charge in [0.1, 0.15) is 13.2 Å². The standard InChI is InChI=1S/C61H117N2O6P/c1-6-8-10-12-14-16-17-18-19-20-21-22-23-24-25-26-27-28-29-30-31-32-33-34-35-36-37-38-39-40-41-42-43-44-45-47-49-51-53-55-61(65)62-59(58-69-70(66,67)68-57-56-63(3,4)5)60(64)54-52-50-48-46-15-13-11-9-7-2/h7,9,15,20-21,46,52,54,59-60,64H,6,8,10-14,16-19,22-45,47-51,53,55-58H2,1-5H3,(H-,62,65,66,67)/b9-7+,21-20-,46-15+,54-52+. The van der Waals surface area contributed by atoms with Crippen LogP contribution in [0, 0.1) is 0 Å². The maximum absolute atomic E-state index is 12.9. The number of quaternary nitrogens is 1. The van der Waals surface area contributed by atoms with Gasteiger partial charge in [-0.25, -0.2) is 0 Å². The van der Waals surface area contributed by atoms with E-state index >= 15 is 0 Å². The lowest BCUT2D eigenvalue weighted by molar-refractivity contribution is -0.870. The van der Waals surface area contributed by atoms with E-state index in [9.17, 15) is 19.4 Å². The van der Waals surface area contributed by atoms with Gasteiger partial charge >= 0.3 is 0 Å². The molecule has 0 aromatic rings. The van der Waals surface area contributed by atoms with Crippen molar-refractivity contribution in [2.75, 3.05) is 40.9 Å². The molecular weight excluding hydrogens is 888 g/mol. The van der Waals surface area contributed by atoms with Crippen molar-refractivity contribution in [3.05, 3.63) is 48.6 Å².